The predicted molar refractivity (Wildman–Crippen MR) is 71.0 cm³/mol. The third kappa shape index (κ3) is 3.75. The molecule has 4 heteroatoms. The maximum Gasteiger partial charge on any atom is 0.321 e. The molecular formula is C13H21N3O. The van der Waals surface area contributed by atoms with Gasteiger partial charge in [-0.25, -0.2) is 4.79 Å². The highest BCUT2D eigenvalue weighted by atomic mass is 16.2. The molecule has 1 aromatic rings. The largest absolute Gasteiger partial charge is 0.325 e. The Labute approximate surface area is 103 Å². The number of nitrogens with two attached hydrogens (primary N) is 1. The van der Waals surface area contributed by atoms with Crippen molar-refractivity contribution in [3.05, 3.63) is 29.8 Å². The average Bonchev–Trinajstić information content (AvgIpc) is 2.31. The van der Waals surface area contributed by atoms with Crippen LogP contribution in [0.1, 0.15) is 32.4 Å². The summed E-state index contributed by atoms with van der Waals surface area (Å²) in [6, 6.07) is 7.57. The van der Waals surface area contributed by atoms with Crippen molar-refractivity contribution < 1.29 is 4.79 Å². The molecule has 0 heterocycles. The molecule has 1 aromatic carbocycles. The molecule has 0 radical (unpaired) electrons. The third-order valence-electron chi connectivity index (χ3n) is 2.74. The van der Waals surface area contributed by atoms with Crippen LogP contribution in [0.5, 0.6) is 0 Å². The molecule has 1 unspecified atom stereocenters. The normalized spacial score (nSPS) is 12.0. The molecule has 3 N–H and O–H groups in total. The van der Waals surface area contributed by atoms with Crippen LogP contribution in [-0.2, 0) is 0 Å². The lowest BCUT2D eigenvalue weighted by Gasteiger charge is -2.19. The summed E-state index contributed by atoms with van der Waals surface area (Å²) in [6.45, 7) is 7.27. The van der Waals surface area contributed by atoms with Gasteiger partial charge in [-0.3, -0.25) is 0 Å². The molecule has 0 aliphatic carbocycles. The number of benzene rings is 1. The summed E-state index contributed by atoms with van der Waals surface area (Å²) >= 11 is 0. The number of anilines is 1. The van der Waals surface area contributed by atoms with Crippen molar-refractivity contribution in [1.29, 1.82) is 0 Å². The van der Waals surface area contributed by atoms with E-state index in [0.29, 0.717) is 13.1 Å². The van der Waals surface area contributed by atoms with E-state index in [2.05, 4.69) is 5.32 Å². The second kappa shape index (κ2) is 6.25. The van der Waals surface area contributed by atoms with E-state index in [1.165, 1.54) is 0 Å². The second-order valence-electron chi connectivity index (χ2n) is 4.01. The molecule has 1 rings (SSSR count). The number of amides is 2. The van der Waals surface area contributed by atoms with Crippen molar-refractivity contribution in [3.8, 4) is 0 Å². The van der Waals surface area contributed by atoms with Gasteiger partial charge in [0, 0.05) is 24.8 Å². The summed E-state index contributed by atoms with van der Waals surface area (Å²) in [5.41, 5.74) is 7.62. The highest BCUT2D eigenvalue weighted by Crippen LogP contribution is 2.14. The van der Waals surface area contributed by atoms with Crippen molar-refractivity contribution in [2.45, 2.75) is 26.8 Å². The Morgan fingerprint density at radius 3 is 2.24 bits per heavy atom. The van der Waals surface area contributed by atoms with Gasteiger partial charge in [0.2, 0.25) is 0 Å². The summed E-state index contributed by atoms with van der Waals surface area (Å²) in [7, 11) is 0. The van der Waals surface area contributed by atoms with E-state index in [1.807, 2.05) is 45.0 Å². The van der Waals surface area contributed by atoms with E-state index < -0.39 is 0 Å². The number of carbonyl (C=O) groups excluding carboxylic acids is 1. The van der Waals surface area contributed by atoms with E-state index in [0.717, 1.165) is 11.3 Å². The number of nitrogens with one attached hydrogen (secondary N) is 1. The van der Waals surface area contributed by atoms with Gasteiger partial charge >= 0.3 is 6.03 Å². The maximum atomic E-state index is 11.8. The lowest BCUT2D eigenvalue weighted by atomic mass is 10.1. The quantitative estimate of drug-likeness (QED) is 0.842. The maximum absolute atomic E-state index is 11.8. The van der Waals surface area contributed by atoms with Crippen LogP contribution in [0.25, 0.3) is 0 Å². The van der Waals surface area contributed by atoms with E-state index >= 15 is 0 Å². The number of rotatable bonds is 4. The fourth-order valence-electron chi connectivity index (χ4n) is 1.58. The van der Waals surface area contributed by atoms with Crippen molar-refractivity contribution in [2.75, 3.05) is 18.4 Å². The van der Waals surface area contributed by atoms with Crippen molar-refractivity contribution in [3.63, 3.8) is 0 Å². The molecule has 94 valence electrons. The van der Waals surface area contributed by atoms with Gasteiger partial charge in [-0.15, -0.1) is 0 Å². The highest BCUT2D eigenvalue weighted by Gasteiger charge is 2.09. The van der Waals surface area contributed by atoms with Gasteiger partial charge < -0.3 is 16.0 Å². The molecule has 0 fully saturated rings. The molecule has 17 heavy (non-hydrogen) atoms. The first-order chi connectivity index (χ1) is 8.08. The van der Waals surface area contributed by atoms with Crippen LogP contribution in [-0.4, -0.2) is 24.0 Å². The van der Waals surface area contributed by atoms with E-state index in [-0.39, 0.29) is 12.1 Å². The molecule has 1 atom stereocenters. The van der Waals surface area contributed by atoms with Crippen molar-refractivity contribution in [2.24, 2.45) is 5.73 Å². The zero-order valence-corrected chi connectivity index (χ0v) is 10.7. The molecule has 0 aliphatic rings. The molecule has 2 amide bonds. The van der Waals surface area contributed by atoms with E-state index in [4.69, 9.17) is 5.73 Å². The SMILES string of the molecule is CCN(CC)C(=O)Nc1ccc(C(C)N)cc1. The van der Waals surface area contributed by atoms with Crippen LogP contribution in [0.15, 0.2) is 24.3 Å². The molecule has 0 aliphatic heterocycles. The minimum Gasteiger partial charge on any atom is -0.325 e. The summed E-state index contributed by atoms with van der Waals surface area (Å²) in [5.74, 6) is 0. The average molecular weight is 235 g/mol. The van der Waals surface area contributed by atoms with Crippen LogP contribution in [0.3, 0.4) is 0 Å². The Hall–Kier alpha value is -1.55. The number of carbonyl (C=O) groups is 1. The molecule has 0 bridgehead atoms. The zero-order valence-electron chi connectivity index (χ0n) is 10.7. The first kappa shape index (κ1) is 13.5. The third-order valence-corrected chi connectivity index (χ3v) is 2.74. The predicted octanol–water partition coefficient (Wildman–Crippen LogP) is 2.58. The molecule has 0 saturated heterocycles. The number of urea groups is 1. The molecule has 4 nitrogen and oxygen atoms in total. The van der Waals surface area contributed by atoms with Crippen LogP contribution in [0.2, 0.25) is 0 Å². The lowest BCUT2D eigenvalue weighted by Crippen LogP contribution is -2.34. The minimum absolute atomic E-state index is 0.0162. The Morgan fingerprint density at radius 1 is 1.29 bits per heavy atom. The number of hydrogen-bond donors (Lipinski definition) is 2. The molecular weight excluding hydrogens is 214 g/mol. The van der Waals surface area contributed by atoms with Gasteiger partial charge in [0.25, 0.3) is 0 Å². The van der Waals surface area contributed by atoms with Gasteiger partial charge in [-0.05, 0) is 38.5 Å². The summed E-state index contributed by atoms with van der Waals surface area (Å²) < 4.78 is 0. The van der Waals surface area contributed by atoms with Gasteiger partial charge in [-0.1, -0.05) is 12.1 Å². The number of nitrogens with zero attached hydrogens (tertiary/aromatic N) is 1. The standard InChI is InChI=1S/C13H21N3O/c1-4-16(5-2)13(17)15-12-8-6-11(7-9-12)10(3)14/h6-10H,4-5,14H2,1-3H3,(H,15,17). The van der Waals surface area contributed by atoms with Crippen molar-refractivity contribution in [1.82, 2.24) is 4.90 Å². The smallest absolute Gasteiger partial charge is 0.321 e. The first-order valence-corrected chi connectivity index (χ1v) is 6.00. The summed E-state index contributed by atoms with van der Waals surface area (Å²) in [6.07, 6.45) is 0. The van der Waals surface area contributed by atoms with Crippen molar-refractivity contribution >= 4 is 11.7 Å². The Kier molecular flexibility index (Phi) is 4.97. The highest BCUT2D eigenvalue weighted by molar-refractivity contribution is 5.89. The Balaban J connectivity index is 2.66. The summed E-state index contributed by atoms with van der Waals surface area (Å²) in [5, 5.41) is 2.86. The fraction of sp³-hybridized carbons (Fsp3) is 0.462. The van der Waals surface area contributed by atoms with Gasteiger partial charge in [0.05, 0.1) is 0 Å². The minimum atomic E-state index is -0.0662. The van der Waals surface area contributed by atoms with Gasteiger partial charge in [0.1, 0.15) is 0 Å². The lowest BCUT2D eigenvalue weighted by molar-refractivity contribution is 0.217. The van der Waals surface area contributed by atoms with E-state index in [9.17, 15) is 4.79 Å². The van der Waals surface area contributed by atoms with Crippen LogP contribution in [0.4, 0.5) is 10.5 Å². The van der Waals surface area contributed by atoms with E-state index in [1.54, 1.807) is 4.90 Å². The molecule has 0 aromatic heterocycles. The topological polar surface area (TPSA) is 58.4 Å². The molecule has 0 spiro atoms. The van der Waals surface area contributed by atoms with Gasteiger partial charge in [0.15, 0.2) is 0 Å². The zero-order chi connectivity index (χ0) is 12.8. The fourth-order valence-corrected chi connectivity index (χ4v) is 1.58. The second-order valence-corrected chi connectivity index (χ2v) is 4.01. The van der Waals surface area contributed by atoms with Gasteiger partial charge in [-0.2, -0.15) is 0 Å². The Bertz CT molecular complexity index is 355. The number of hydrogen-bond acceptors (Lipinski definition) is 2. The first-order valence-electron chi connectivity index (χ1n) is 6.00. The monoisotopic (exact) mass is 235 g/mol. The van der Waals surface area contributed by atoms with Crippen LogP contribution in [0, 0.1) is 0 Å². The molecule has 0 saturated carbocycles. The van der Waals surface area contributed by atoms with Crippen LogP contribution < -0.4 is 11.1 Å². The summed E-state index contributed by atoms with van der Waals surface area (Å²) in [4.78, 5) is 13.5. The Morgan fingerprint density at radius 2 is 1.82 bits per heavy atom. The van der Waals surface area contributed by atoms with Crippen LogP contribution >= 0.6 is 0 Å².